The molecule has 0 aliphatic rings. The Bertz CT molecular complexity index is 532. The average Bonchev–Trinajstić information content (AvgIpc) is 2.42. The first kappa shape index (κ1) is 17.3. The molecule has 0 atom stereocenters. The molecular weight excluding hydrogens is 292 g/mol. The number of aryl methyl sites for hydroxylation is 1. The Hall–Kier alpha value is -1.75. The van der Waals surface area contributed by atoms with Crippen molar-refractivity contribution < 1.29 is 14.3 Å². The Labute approximate surface area is 130 Å². The molecule has 0 bridgehead atoms. The van der Waals surface area contributed by atoms with Gasteiger partial charge >= 0.3 is 0 Å². The molecule has 0 saturated carbocycles. The number of halogens is 1. The van der Waals surface area contributed by atoms with E-state index in [9.17, 15) is 9.59 Å². The van der Waals surface area contributed by atoms with Crippen LogP contribution in [-0.4, -0.2) is 36.9 Å². The number of hydrogen-bond donors (Lipinski definition) is 1. The Morgan fingerprint density at radius 3 is 2.57 bits per heavy atom. The molecule has 0 aromatic heterocycles. The van der Waals surface area contributed by atoms with Crippen LogP contribution < -0.4 is 10.1 Å². The Morgan fingerprint density at radius 1 is 1.38 bits per heavy atom. The fraction of sp³-hybridized carbons (Fsp3) is 0.467. The van der Waals surface area contributed by atoms with Gasteiger partial charge in [0.25, 0.3) is 0 Å². The third-order valence-corrected chi connectivity index (χ3v) is 3.44. The third kappa shape index (κ3) is 4.93. The Balaban J connectivity index is 2.83. The molecule has 0 unspecified atom stereocenters. The molecule has 1 N–H and O–H groups in total. The number of benzene rings is 1. The van der Waals surface area contributed by atoms with Crippen molar-refractivity contribution in [3.63, 3.8) is 0 Å². The van der Waals surface area contributed by atoms with Crippen LogP contribution in [0.4, 0.5) is 5.69 Å². The molecule has 0 aliphatic heterocycles. The van der Waals surface area contributed by atoms with Gasteiger partial charge in [-0.15, -0.1) is 0 Å². The van der Waals surface area contributed by atoms with Crippen molar-refractivity contribution in [1.29, 1.82) is 0 Å². The lowest BCUT2D eigenvalue weighted by Gasteiger charge is -2.20. The number of nitrogens with one attached hydrogen (secondary N) is 1. The maximum atomic E-state index is 12.1. The minimum Gasteiger partial charge on any atom is -0.495 e. The lowest BCUT2D eigenvalue weighted by atomic mass is 10.2. The highest BCUT2D eigenvalue weighted by Gasteiger charge is 2.15. The summed E-state index contributed by atoms with van der Waals surface area (Å²) in [6.45, 7) is 5.83. The quantitative estimate of drug-likeness (QED) is 0.878. The monoisotopic (exact) mass is 312 g/mol. The average molecular weight is 313 g/mol. The van der Waals surface area contributed by atoms with Gasteiger partial charge in [-0.25, -0.2) is 0 Å². The highest BCUT2D eigenvalue weighted by Crippen LogP contribution is 2.30. The van der Waals surface area contributed by atoms with E-state index in [0.29, 0.717) is 23.0 Å². The first-order chi connectivity index (χ1) is 9.88. The number of carbonyl (C=O) groups is 2. The minimum absolute atomic E-state index is 0.0218. The maximum absolute atomic E-state index is 12.1. The number of nitrogens with zero attached hydrogens (tertiary/aromatic N) is 1. The van der Waals surface area contributed by atoms with Gasteiger partial charge in [0.1, 0.15) is 5.75 Å². The topological polar surface area (TPSA) is 58.6 Å². The Morgan fingerprint density at radius 2 is 2.05 bits per heavy atom. The van der Waals surface area contributed by atoms with E-state index in [4.69, 9.17) is 16.3 Å². The lowest BCUT2D eigenvalue weighted by Crippen LogP contribution is -2.37. The molecule has 1 aromatic rings. The molecule has 0 fully saturated rings. The predicted molar refractivity (Wildman–Crippen MR) is 83.9 cm³/mol. The summed E-state index contributed by atoms with van der Waals surface area (Å²) in [7, 11) is 1.51. The molecule has 6 heteroatoms. The summed E-state index contributed by atoms with van der Waals surface area (Å²) in [4.78, 5) is 25.0. The summed E-state index contributed by atoms with van der Waals surface area (Å²) < 4.78 is 5.20. The van der Waals surface area contributed by atoms with E-state index in [1.165, 1.54) is 18.9 Å². The van der Waals surface area contributed by atoms with Gasteiger partial charge < -0.3 is 15.0 Å². The van der Waals surface area contributed by atoms with Crippen molar-refractivity contribution in [2.45, 2.75) is 27.2 Å². The Kier molecular flexibility index (Phi) is 6.49. The molecule has 0 saturated heterocycles. The zero-order valence-electron chi connectivity index (χ0n) is 12.8. The first-order valence-corrected chi connectivity index (χ1v) is 7.16. The van der Waals surface area contributed by atoms with E-state index >= 15 is 0 Å². The van der Waals surface area contributed by atoms with E-state index in [1.807, 2.05) is 13.8 Å². The van der Waals surface area contributed by atoms with Crippen LogP contribution in [0.5, 0.6) is 5.75 Å². The minimum atomic E-state index is -0.265. The van der Waals surface area contributed by atoms with Crippen LogP contribution in [0.2, 0.25) is 5.02 Å². The van der Waals surface area contributed by atoms with E-state index in [0.717, 1.165) is 12.0 Å². The molecule has 116 valence electrons. The standard InChI is InChI=1S/C15H21ClN2O3/c1-5-6-18(11(3)19)9-15(20)17-13-7-10(2)12(16)8-14(13)21-4/h7-8H,5-6,9H2,1-4H3,(H,17,20). The molecule has 0 heterocycles. The molecule has 2 amide bonds. The van der Waals surface area contributed by atoms with Crippen LogP contribution in [0.3, 0.4) is 0 Å². The summed E-state index contributed by atoms with van der Waals surface area (Å²) in [6.07, 6.45) is 0.802. The van der Waals surface area contributed by atoms with Gasteiger partial charge in [0.2, 0.25) is 11.8 Å². The number of methoxy groups -OCH3 is 1. The van der Waals surface area contributed by atoms with Crippen LogP contribution in [0.15, 0.2) is 12.1 Å². The van der Waals surface area contributed by atoms with Gasteiger partial charge in [0.15, 0.2) is 0 Å². The van der Waals surface area contributed by atoms with E-state index in [1.54, 1.807) is 12.1 Å². The third-order valence-electron chi connectivity index (χ3n) is 3.03. The van der Waals surface area contributed by atoms with Gasteiger partial charge in [-0.2, -0.15) is 0 Å². The van der Waals surface area contributed by atoms with Crippen LogP contribution in [0.25, 0.3) is 0 Å². The summed E-state index contributed by atoms with van der Waals surface area (Å²) in [6, 6.07) is 3.40. The molecule has 21 heavy (non-hydrogen) atoms. The fourth-order valence-electron chi connectivity index (χ4n) is 1.91. The molecular formula is C15H21ClN2O3. The fourth-order valence-corrected chi connectivity index (χ4v) is 2.06. The second-order valence-corrected chi connectivity index (χ2v) is 5.20. The largest absolute Gasteiger partial charge is 0.495 e. The highest BCUT2D eigenvalue weighted by atomic mass is 35.5. The predicted octanol–water partition coefficient (Wildman–Crippen LogP) is 2.85. The summed E-state index contributed by atoms with van der Waals surface area (Å²) in [5, 5.41) is 3.33. The molecule has 5 nitrogen and oxygen atoms in total. The van der Waals surface area contributed by atoms with E-state index in [-0.39, 0.29) is 18.4 Å². The summed E-state index contributed by atoms with van der Waals surface area (Å²) in [5.74, 6) is 0.105. The van der Waals surface area contributed by atoms with Gasteiger partial charge in [-0.05, 0) is 25.0 Å². The van der Waals surface area contributed by atoms with Crippen molar-refractivity contribution in [2.75, 3.05) is 25.5 Å². The van der Waals surface area contributed by atoms with Crippen molar-refractivity contribution in [3.8, 4) is 5.75 Å². The lowest BCUT2D eigenvalue weighted by molar-refractivity contribution is -0.132. The number of carbonyl (C=O) groups excluding carboxylic acids is 2. The smallest absolute Gasteiger partial charge is 0.244 e. The summed E-state index contributed by atoms with van der Waals surface area (Å²) in [5.41, 5.74) is 1.38. The van der Waals surface area contributed by atoms with Crippen LogP contribution in [-0.2, 0) is 9.59 Å². The van der Waals surface area contributed by atoms with Crippen LogP contribution in [0.1, 0.15) is 25.8 Å². The summed E-state index contributed by atoms with van der Waals surface area (Å²) >= 11 is 6.02. The molecule has 1 aromatic carbocycles. The molecule has 0 spiro atoms. The number of anilines is 1. The second kappa shape index (κ2) is 7.88. The van der Waals surface area contributed by atoms with Crippen molar-refractivity contribution in [1.82, 2.24) is 4.90 Å². The van der Waals surface area contributed by atoms with E-state index < -0.39 is 0 Å². The van der Waals surface area contributed by atoms with Gasteiger partial charge in [-0.3, -0.25) is 9.59 Å². The zero-order chi connectivity index (χ0) is 16.0. The van der Waals surface area contributed by atoms with Crippen molar-refractivity contribution in [2.24, 2.45) is 0 Å². The van der Waals surface area contributed by atoms with Crippen LogP contribution in [0, 0.1) is 6.92 Å². The van der Waals surface area contributed by atoms with Crippen LogP contribution >= 0.6 is 11.6 Å². The SMILES string of the molecule is CCCN(CC(=O)Nc1cc(C)c(Cl)cc1OC)C(C)=O. The van der Waals surface area contributed by atoms with Crippen molar-refractivity contribution >= 4 is 29.1 Å². The van der Waals surface area contributed by atoms with E-state index in [2.05, 4.69) is 5.32 Å². The van der Waals surface area contributed by atoms with Crippen molar-refractivity contribution in [3.05, 3.63) is 22.7 Å². The normalized spacial score (nSPS) is 10.1. The second-order valence-electron chi connectivity index (χ2n) is 4.79. The number of amides is 2. The zero-order valence-corrected chi connectivity index (χ0v) is 13.6. The highest BCUT2D eigenvalue weighted by molar-refractivity contribution is 6.31. The van der Waals surface area contributed by atoms with Gasteiger partial charge in [0, 0.05) is 24.6 Å². The number of hydrogen-bond acceptors (Lipinski definition) is 3. The molecule has 1 rings (SSSR count). The van der Waals surface area contributed by atoms with Gasteiger partial charge in [-0.1, -0.05) is 18.5 Å². The first-order valence-electron chi connectivity index (χ1n) is 6.78. The number of ether oxygens (including phenoxy) is 1. The maximum Gasteiger partial charge on any atom is 0.244 e. The number of rotatable bonds is 6. The molecule has 0 aliphatic carbocycles. The van der Waals surface area contributed by atoms with Gasteiger partial charge in [0.05, 0.1) is 19.3 Å². The molecule has 0 radical (unpaired) electrons.